The second-order valence-electron chi connectivity index (χ2n) is 6.02. The van der Waals surface area contributed by atoms with Gasteiger partial charge >= 0.3 is 0 Å². The first-order valence-corrected chi connectivity index (χ1v) is 8.72. The van der Waals surface area contributed by atoms with Crippen molar-refractivity contribution >= 4 is 29.4 Å². The van der Waals surface area contributed by atoms with E-state index < -0.39 is 10.8 Å². The van der Waals surface area contributed by atoms with Crippen molar-refractivity contribution in [2.24, 2.45) is 5.10 Å². The number of hydrogen-bond donors (Lipinski definition) is 1. The van der Waals surface area contributed by atoms with Gasteiger partial charge in [-0.1, -0.05) is 35.9 Å². The average Bonchev–Trinajstić information content (AvgIpc) is 3.12. The smallest absolute Gasteiger partial charge is 0.273 e. The molecular formula is C20H16ClN3O4. The van der Waals surface area contributed by atoms with Crippen molar-refractivity contribution in [1.82, 2.24) is 5.43 Å². The molecule has 0 bridgehead atoms. The third-order valence-electron chi connectivity index (χ3n) is 4.01. The summed E-state index contributed by atoms with van der Waals surface area (Å²) in [5.74, 6) is 0.607. The molecule has 0 saturated heterocycles. The maximum absolute atomic E-state index is 12.0. The van der Waals surface area contributed by atoms with Crippen LogP contribution < -0.4 is 5.43 Å². The Morgan fingerprint density at radius 2 is 2.04 bits per heavy atom. The number of rotatable bonds is 6. The third-order valence-corrected chi connectivity index (χ3v) is 4.25. The van der Waals surface area contributed by atoms with Crippen molar-refractivity contribution in [2.75, 3.05) is 0 Å². The molecule has 0 unspecified atom stereocenters. The van der Waals surface area contributed by atoms with Crippen molar-refractivity contribution < 1.29 is 14.1 Å². The van der Waals surface area contributed by atoms with Gasteiger partial charge in [-0.15, -0.1) is 0 Å². The van der Waals surface area contributed by atoms with Gasteiger partial charge in [-0.2, -0.15) is 5.10 Å². The standard InChI is InChI=1S/C20H16ClN3O4/c1-13-6-7-15(21)11-17(13)19-9-8-16(28-19)12-22-23-20(25)10-14-4-2-3-5-18(14)24(26)27/h2-9,11-12H,10H2,1H3,(H,23,25). The van der Waals surface area contributed by atoms with Crippen LogP contribution in [-0.4, -0.2) is 17.0 Å². The van der Waals surface area contributed by atoms with E-state index in [0.29, 0.717) is 22.1 Å². The molecule has 7 nitrogen and oxygen atoms in total. The quantitative estimate of drug-likeness (QED) is 0.376. The Morgan fingerprint density at radius 1 is 1.25 bits per heavy atom. The van der Waals surface area contributed by atoms with Crippen molar-refractivity contribution in [3.63, 3.8) is 0 Å². The van der Waals surface area contributed by atoms with Gasteiger partial charge in [0.15, 0.2) is 0 Å². The summed E-state index contributed by atoms with van der Waals surface area (Å²) in [4.78, 5) is 22.5. The van der Waals surface area contributed by atoms with Gasteiger partial charge in [-0.05, 0) is 36.8 Å². The fraction of sp³-hybridized carbons (Fsp3) is 0.100. The predicted octanol–water partition coefficient (Wildman–Crippen LogP) is 4.51. The predicted molar refractivity (Wildman–Crippen MR) is 106 cm³/mol. The molecule has 142 valence electrons. The van der Waals surface area contributed by atoms with Gasteiger partial charge in [-0.3, -0.25) is 14.9 Å². The van der Waals surface area contributed by atoms with Crippen molar-refractivity contribution in [1.29, 1.82) is 0 Å². The van der Waals surface area contributed by atoms with E-state index in [2.05, 4.69) is 10.5 Å². The topological polar surface area (TPSA) is 97.7 Å². The van der Waals surface area contributed by atoms with Crippen LogP contribution in [0.4, 0.5) is 5.69 Å². The Labute approximate surface area is 165 Å². The number of benzene rings is 2. The maximum atomic E-state index is 12.0. The van der Waals surface area contributed by atoms with Gasteiger partial charge in [0.25, 0.3) is 5.69 Å². The Bertz CT molecular complexity index is 1060. The molecule has 0 radical (unpaired) electrons. The lowest BCUT2D eigenvalue weighted by atomic mass is 10.1. The monoisotopic (exact) mass is 397 g/mol. The van der Waals surface area contributed by atoms with Crippen LogP contribution in [0, 0.1) is 17.0 Å². The Balaban J connectivity index is 1.64. The lowest BCUT2D eigenvalue weighted by molar-refractivity contribution is -0.385. The van der Waals surface area contributed by atoms with Gasteiger partial charge < -0.3 is 4.42 Å². The minimum absolute atomic E-state index is 0.103. The lowest BCUT2D eigenvalue weighted by Gasteiger charge is -2.02. The number of furan rings is 1. The number of nitrogens with zero attached hydrogens (tertiary/aromatic N) is 2. The van der Waals surface area contributed by atoms with Gasteiger partial charge in [0.05, 0.1) is 17.6 Å². The molecule has 3 rings (SSSR count). The summed E-state index contributed by atoms with van der Waals surface area (Å²) in [5, 5.41) is 15.4. The van der Waals surface area contributed by atoms with Gasteiger partial charge in [-0.25, -0.2) is 5.43 Å². The second-order valence-corrected chi connectivity index (χ2v) is 6.45. The SMILES string of the molecule is Cc1ccc(Cl)cc1-c1ccc(C=NNC(=O)Cc2ccccc2[N+](=O)[O-])o1. The molecule has 1 N–H and O–H groups in total. The van der Waals surface area contributed by atoms with E-state index in [1.54, 1.807) is 30.3 Å². The van der Waals surface area contributed by atoms with Crippen LogP contribution in [0.25, 0.3) is 11.3 Å². The molecule has 0 aliphatic rings. The maximum Gasteiger partial charge on any atom is 0.273 e. The summed E-state index contributed by atoms with van der Waals surface area (Å²) in [6.07, 6.45) is 1.21. The van der Waals surface area contributed by atoms with Gasteiger partial charge in [0.1, 0.15) is 11.5 Å². The highest BCUT2D eigenvalue weighted by Crippen LogP contribution is 2.27. The molecule has 0 aliphatic carbocycles. The Morgan fingerprint density at radius 3 is 2.82 bits per heavy atom. The zero-order valence-electron chi connectivity index (χ0n) is 14.9. The molecule has 0 spiro atoms. The first-order valence-electron chi connectivity index (χ1n) is 8.34. The van der Waals surface area contributed by atoms with Crippen LogP contribution in [0.15, 0.2) is 64.1 Å². The first kappa shape index (κ1) is 19.3. The molecule has 1 heterocycles. The fourth-order valence-electron chi connectivity index (χ4n) is 2.65. The van der Waals surface area contributed by atoms with Crippen molar-refractivity contribution in [2.45, 2.75) is 13.3 Å². The highest BCUT2D eigenvalue weighted by atomic mass is 35.5. The average molecular weight is 398 g/mol. The molecule has 28 heavy (non-hydrogen) atoms. The summed E-state index contributed by atoms with van der Waals surface area (Å²) in [6, 6.07) is 15.1. The van der Waals surface area contributed by atoms with E-state index in [4.69, 9.17) is 16.0 Å². The minimum Gasteiger partial charge on any atom is -0.455 e. The number of nitro groups is 1. The summed E-state index contributed by atoms with van der Waals surface area (Å²) in [5.41, 5.74) is 4.44. The number of halogens is 1. The van der Waals surface area contributed by atoms with Crippen LogP contribution >= 0.6 is 11.6 Å². The van der Waals surface area contributed by atoms with E-state index in [0.717, 1.165) is 11.1 Å². The summed E-state index contributed by atoms with van der Waals surface area (Å²) in [7, 11) is 0. The van der Waals surface area contributed by atoms with Crippen LogP contribution in [0.2, 0.25) is 5.02 Å². The normalized spacial score (nSPS) is 10.9. The van der Waals surface area contributed by atoms with E-state index in [9.17, 15) is 14.9 Å². The molecule has 0 fully saturated rings. The number of carbonyl (C=O) groups excluding carboxylic acids is 1. The highest BCUT2D eigenvalue weighted by Gasteiger charge is 2.15. The van der Waals surface area contributed by atoms with E-state index in [1.165, 1.54) is 18.3 Å². The molecule has 1 amide bonds. The molecule has 3 aromatic rings. The molecule has 0 aliphatic heterocycles. The van der Waals surface area contributed by atoms with Crippen molar-refractivity contribution in [3.8, 4) is 11.3 Å². The summed E-state index contributed by atoms with van der Waals surface area (Å²) < 4.78 is 5.71. The minimum atomic E-state index is -0.520. The summed E-state index contributed by atoms with van der Waals surface area (Å²) in [6.45, 7) is 1.95. The number of carbonyl (C=O) groups is 1. The fourth-order valence-corrected chi connectivity index (χ4v) is 2.82. The zero-order chi connectivity index (χ0) is 20.1. The molecule has 0 saturated carbocycles. The Hall–Kier alpha value is -3.45. The number of amides is 1. The van der Waals surface area contributed by atoms with E-state index in [1.807, 2.05) is 19.1 Å². The number of hydrazone groups is 1. The third kappa shape index (κ3) is 4.63. The van der Waals surface area contributed by atoms with E-state index in [-0.39, 0.29) is 12.1 Å². The van der Waals surface area contributed by atoms with Crippen LogP contribution in [0.1, 0.15) is 16.9 Å². The van der Waals surface area contributed by atoms with Crippen LogP contribution in [0.5, 0.6) is 0 Å². The molecule has 8 heteroatoms. The number of aryl methyl sites for hydroxylation is 1. The number of nitro benzene ring substituents is 1. The van der Waals surface area contributed by atoms with Crippen molar-refractivity contribution in [3.05, 3.63) is 86.6 Å². The first-order chi connectivity index (χ1) is 13.4. The molecule has 2 aromatic carbocycles. The zero-order valence-corrected chi connectivity index (χ0v) is 15.6. The van der Waals surface area contributed by atoms with E-state index >= 15 is 0 Å². The largest absolute Gasteiger partial charge is 0.455 e. The lowest BCUT2D eigenvalue weighted by Crippen LogP contribution is -2.20. The highest BCUT2D eigenvalue weighted by molar-refractivity contribution is 6.30. The molecular weight excluding hydrogens is 382 g/mol. The molecule has 1 aromatic heterocycles. The van der Waals surface area contributed by atoms with Crippen LogP contribution in [-0.2, 0) is 11.2 Å². The van der Waals surface area contributed by atoms with Crippen LogP contribution in [0.3, 0.4) is 0 Å². The number of nitrogens with one attached hydrogen (secondary N) is 1. The van der Waals surface area contributed by atoms with Gasteiger partial charge in [0, 0.05) is 22.2 Å². The number of para-hydroxylation sites is 1. The number of hydrogen-bond acceptors (Lipinski definition) is 5. The molecule has 0 atom stereocenters. The second kappa shape index (κ2) is 8.49. The summed E-state index contributed by atoms with van der Waals surface area (Å²) >= 11 is 6.03. The van der Waals surface area contributed by atoms with Gasteiger partial charge in [0.2, 0.25) is 5.91 Å². The Kier molecular flexibility index (Phi) is 5.86.